The number of ketones is 1. The van der Waals surface area contributed by atoms with Crippen LogP contribution in [0.15, 0.2) is 59.6 Å². The summed E-state index contributed by atoms with van der Waals surface area (Å²) >= 11 is 7.69. The fourth-order valence-corrected chi connectivity index (χ4v) is 6.10. The van der Waals surface area contributed by atoms with Gasteiger partial charge < -0.3 is 24.5 Å². The minimum atomic E-state index is -0.745. The van der Waals surface area contributed by atoms with Crippen molar-refractivity contribution in [3.63, 3.8) is 0 Å². The summed E-state index contributed by atoms with van der Waals surface area (Å²) in [5.74, 6) is -1.17. The maximum absolute atomic E-state index is 13.4. The number of likely N-dealkylation sites (tertiary alicyclic amines) is 1. The number of fused-ring (bicyclic) bond motifs is 1. The van der Waals surface area contributed by atoms with E-state index in [0.717, 1.165) is 26.9 Å². The van der Waals surface area contributed by atoms with Gasteiger partial charge in [-0.3, -0.25) is 9.59 Å². The zero-order valence-electron chi connectivity index (χ0n) is 20.5. The second-order valence-electron chi connectivity index (χ2n) is 8.76. The Hall–Kier alpha value is -3.75. The molecule has 0 bridgehead atoms. The number of thiophene rings is 1. The third-order valence-electron chi connectivity index (χ3n) is 6.72. The van der Waals surface area contributed by atoms with Crippen molar-refractivity contribution in [3.8, 4) is 11.5 Å². The van der Waals surface area contributed by atoms with Gasteiger partial charge >= 0.3 is 0 Å². The summed E-state index contributed by atoms with van der Waals surface area (Å²) in [5.41, 5.74) is 3.22. The highest BCUT2D eigenvalue weighted by Gasteiger charge is 2.47. The van der Waals surface area contributed by atoms with Crippen molar-refractivity contribution >= 4 is 51.3 Å². The molecule has 3 heterocycles. The topological polar surface area (TPSA) is 91.9 Å². The lowest BCUT2D eigenvalue weighted by Gasteiger charge is -2.25. The first kappa shape index (κ1) is 24.9. The summed E-state index contributed by atoms with van der Waals surface area (Å²) in [6.45, 7) is 2.23. The molecule has 1 saturated heterocycles. The molecule has 4 aromatic rings. The number of rotatable bonds is 7. The number of aliphatic hydroxyl groups excluding tert-OH is 1. The number of aromatic amines is 1. The van der Waals surface area contributed by atoms with E-state index >= 15 is 0 Å². The van der Waals surface area contributed by atoms with Crippen LogP contribution in [-0.2, 0) is 16.0 Å². The molecular formula is C28H25ClN2O5S. The number of para-hydroxylation sites is 1. The fourth-order valence-electron chi connectivity index (χ4n) is 4.82. The number of ether oxygens (including phenoxy) is 2. The molecule has 1 atom stereocenters. The van der Waals surface area contributed by atoms with Gasteiger partial charge in [0, 0.05) is 34.6 Å². The molecule has 190 valence electrons. The molecule has 9 heteroatoms. The summed E-state index contributed by atoms with van der Waals surface area (Å²) in [4.78, 5) is 32.4. The van der Waals surface area contributed by atoms with E-state index in [9.17, 15) is 14.7 Å². The number of H-pyrrole nitrogens is 1. The highest BCUT2D eigenvalue weighted by Crippen LogP contribution is 2.45. The number of nitrogens with zero attached hydrogens (tertiary/aromatic N) is 1. The van der Waals surface area contributed by atoms with Crippen LogP contribution in [0, 0.1) is 6.92 Å². The van der Waals surface area contributed by atoms with Crippen molar-refractivity contribution < 1.29 is 24.2 Å². The molecule has 0 aliphatic carbocycles. The number of amides is 1. The standard InChI is InChI=1S/C28H25ClN2O5S/c1-15-9-11-37-27(15)24-23(25(32)18-12-22(36-3)19(29)13-21(18)35-2)26(33)28(34)31(24)10-8-16-14-30-20-7-5-4-6-17(16)20/h4-7,9,11-14,24,30,32H,8,10H2,1-3H3/b25-23+. The summed E-state index contributed by atoms with van der Waals surface area (Å²) in [7, 11) is 2.89. The van der Waals surface area contributed by atoms with Gasteiger partial charge in [-0.25, -0.2) is 0 Å². The Labute approximate surface area is 222 Å². The number of benzene rings is 2. The molecular weight excluding hydrogens is 512 g/mol. The molecule has 37 heavy (non-hydrogen) atoms. The summed E-state index contributed by atoms with van der Waals surface area (Å²) in [6, 6.07) is 12.2. The molecule has 2 aromatic carbocycles. The first-order valence-corrected chi connectivity index (χ1v) is 12.9. The van der Waals surface area contributed by atoms with Crippen molar-refractivity contribution in [1.82, 2.24) is 9.88 Å². The van der Waals surface area contributed by atoms with Crippen molar-refractivity contribution in [2.75, 3.05) is 20.8 Å². The number of carbonyl (C=O) groups excluding carboxylic acids is 2. The van der Waals surface area contributed by atoms with Gasteiger partial charge in [0.2, 0.25) is 0 Å². The molecule has 1 aliphatic heterocycles. The van der Waals surface area contributed by atoms with Gasteiger partial charge in [0.05, 0.1) is 36.4 Å². The predicted octanol–water partition coefficient (Wildman–Crippen LogP) is 5.87. The molecule has 1 aliphatic rings. The van der Waals surface area contributed by atoms with Crippen LogP contribution in [-0.4, -0.2) is 47.4 Å². The monoisotopic (exact) mass is 536 g/mol. The SMILES string of the molecule is COc1cc(/C(O)=C2\C(=O)C(=O)N(CCc3c[nH]c4ccccc34)C2c2sccc2C)c(OC)cc1Cl. The third-order valence-corrected chi connectivity index (χ3v) is 8.08. The summed E-state index contributed by atoms with van der Waals surface area (Å²) in [5, 5.41) is 14.8. The number of carbonyl (C=O) groups is 2. The van der Waals surface area contributed by atoms with Gasteiger partial charge in [-0.1, -0.05) is 29.8 Å². The van der Waals surface area contributed by atoms with Gasteiger partial charge in [-0.15, -0.1) is 11.3 Å². The van der Waals surface area contributed by atoms with Crippen molar-refractivity contribution in [2.24, 2.45) is 0 Å². The largest absolute Gasteiger partial charge is 0.507 e. The van der Waals surface area contributed by atoms with E-state index in [1.54, 1.807) is 4.90 Å². The molecule has 0 spiro atoms. The normalized spacial score (nSPS) is 17.1. The Morgan fingerprint density at radius 1 is 1.14 bits per heavy atom. The number of aliphatic hydroxyl groups is 1. The maximum atomic E-state index is 13.4. The van der Waals surface area contributed by atoms with Gasteiger partial charge in [0.1, 0.15) is 17.3 Å². The predicted molar refractivity (Wildman–Crippen MR) is 145 cm³/mol. The number of hydrogen-bond donors (Lipinski definition) is 2. The minimum absolute atomic E-state index is 0.0113. The van der Waals surface area contributed by atoms with Gasteiger partial charge in [0.25, 0.3) is 11.7 Å². The lowest BCUT2D eigenvalue weighted by Crippen LogP contribution is -2.31. The number of methoxy groups -OCH3 is 2. The van der Waals surface area contributed by atoms with E-state index in [1.165, 1.54) is 37.7 Å². The van der Waals surface area contributed by atoms with Crippen LogP contribution in [0.25, 0.3) is 16.7 Å². The van der Waals surface area contributed by atoms with Crippen molar-refractivity contribution in [1.29, 1.82) is 0 Å². The van der Waals surface area contributed by atoms with Gasteiger partial charge in [-0.2, -0.15) is 0 Å². The summed E-state index contributed by atoms with van der Waals surface area (Å²) in [6.07, 6.45) is 2.47. The number of halogens is 1. The number of aryl methyl sites for hydroxylation is 1. The molecule has 2 aromatic heterocycles. The van der Waals surface area contributed by atoms with Crippen LogP contribution in [0.3, 0.4) is 0 Å². The van der Waals surface area contributed by atoms with Crippen molar-refractivity contribution in [3.05, 3.63) is 86.2 Å². The van der Waals surface area contributed by atoms with E-state index in [2.05, 4.69) is 4.98 Å². The molecule has 1 fully saturated rings. The summed E-state index contributed by atoms with van der Waals surface area (Å²) < 4.78 is 10.8. The first-order valence-electron chi connectivity index (χ1n) is 11.6. The van der Waals surface area contributed by atoms with Crippen LogP contribution in [0.5, 0.6) is 11.5 Å². The molecule has 0 saturated carbocycles. The average Bonchev–Trinajstić information content (AvgIpc) is 3.58. The maximum Gasteiger partial charge on any atom is 0.295 e. The van der Waals surface area contributed by atoms with E-state index in [1.807, 2.05) is 48.8 Å². The zero-order valence-corrected chi connectivity index (χ0v) is 22.1. The van der Waals surface area contributed by atoms with Gasteiger partial charge in [0.15, 0.2) is 0 Å². The minimum Gasteiger partial charge on any atom is -0.507 e. The van der Waals surface area contributed by atoms with E-state index in [0.29, 0.717) is 23.7 Å². The van der Waals surface area contributed by atoms with Crippen LogP contribution < -0.4 is 9.47 Å². The molecule has 1 unspecified atom stereocenters. The Balaban J connectivity index is 1.61. The van der Waals surface area contributed by atoms with Crippen LogP contribution >= 0.6 is 22.9 Å². The fraction of sp³-hybridized carbons (Fsp3) is 0.214. The zero-order chi connectivity index (χ0) is 26.3. The lowest BCUT2D eigenvalue weighted by molar-refractivity contribution is -0.139. The number of nitrogens with one attached hydrogen (secondary N) is 1. The Morgan fingerprint density at radius 3 is 2.59 bits per heavy atom. The Bertz CT molecular complexity index is 1550. The van der Waals surface area contributed by atoms with E-state index < -0.39 is 17.7 Å². The van der Waals surface area contributed by atoms with Gasteiger partial charge in [-0.05, 0) is 48.1 Å². The second kappa shape index (κ2) is 9.95. The van der Waals surface area contributed by atoms with Crippen LogP contribution in [0.4, 0.5) is 0 Å². The first-order chi connectivity index (χ1) is 17.8. The highest BCUT2D eigenvalue weighted by molar-refractivity contribution is 7.10. The number of aromatic nitrogens is 1. The molecule has 2 N–H and O–H groups in total. The smallest absolute Gasteiger partial charge is 0.295 e. The van der Waals surface area contributed by atoms with Crippen LogP contribution in [0.2, 0.25) is 5.02 Å². The third kappa shape index (κ3) is 4.26. The lowest BCUT2D eigenvalue weighted by atomic mass is 9.97. The molecule has 7 nitrogen and oxygen atoms in total. The molecule has 1 amide bonds. The van der Waals surface area contributed by atoms with Crippen LogP contribution in [0.1, 0.15) is 27.6 Å². The number of Topliss-reactive ketones (excluding diaryl/α,β-unsaturated/α-hetero) is 1. The quantitative estimate of drug-likeness (QED) is 0.175. The van der Waals surface area contributed by atoms with Crippen molar-refractivity contribution in [2.45, 2.75) is 19.4 Å². The Morgan fingerprint density at radius 2 is 1.89 bits per heavy atom. The second-order valence-corrected chi connectivity index (χ2v) is 10.1. The average molecular weight is 537 g/mol. The highest BCUT2D eigenvalue weighted by atomic mass is 35.5. The molecule has 5 rings (SSSR count). The van der Waals surface area contributed by atoms with E-state index in [4.69, 9.17) is 21.1 Å². The van der Waals surface area contributed by atoms with E-state index in [-0.39, 0.29) is 22.6 Å². The molecule has 0 radical (unpaired) electrons. The Kier molecular flexibility index (Phi) is 6.70. The number of hydrogen-bond acceptors (Lipinski definition) is 6.